The predicted molar refractivity (Wildman–Crippen MR) is 75.1 cm³/mol. The van der Waals surface area contributed by atoms with Gasteiger partial charge in [0.2, 0.25) is 5.89 Å². The third kappa shape index (κ3) is 3.58. The van der Waals surface area contributed by atoms with Crippen LogP contribution in [0.5, 0.6) is 0 Å². The molecule has 0 saturated heterocycles. The van der Waals surface area contributed by atoms with Crippen molar-refractivity contribution >= 4 is 33.5 Å². The molecule has 4 nitrogen and oxygen atoms in total. The Labute approximate surface area is 123 Å². The van der Waals surface area contributed by atoms with Crippen LogP contribution < -0.4 is 0 Å². The zero-order valence-corrected chi connectivity index (χ0v) is 12.5. The molecule has 2 aromatic rings. The molecule has 1 aromatic heterocycles. The highest BCUT2D eigenvalue weighted by molar-refractivity contribution is 9.08. The SMILES string of the molecule is CC(=O)OCc1oc(CBr)nc1-c1ccc(Cl)cc1. The predicted octanol–water partition coefficient (Wildman–Crippen LogP) is 3.95. The monoisotopic (exact) mass is 343 g/mol. The van der Waals surface area contributed by atoms with E-state index < -0.39 is 0 Å². The van der Waals surface area contributed by atoms with Gasteiger partial charge in [-0.05, 0) is 12.1 Å². The number of aromatic nitrogens is 1. The summed E-state index contributed by atoms with van der Waals surface area (Å²) in [6.07, 6.45) is 0. The van der Waals surface area contributed by atoms with Crippen LogP contribution in [0, 0.1) is 0 Å². The number of esters is 1. The molecule has 19 heavy (non-hydrogen) atoms. The van der Waals surface area contributed by atoms with Crippen LogP contribution in [0.15, 0.2) is 28.7 Å². The highest BCUT2D eigenvalue weighted by Gasteiger charge is 2.15. The van der Waals surface area contributed by atoms with E-state index in [4.69, 9.17) is 20.8 Å². The smallest absolute Gasteiger partial charge is 0.303 e. The summed E-state index contributed by atoms with van der Waals surface area (Å²) in [5, 5.41) is 1.14. The number of benzene rings is 1. The molecule has 100 valence electrons. The fourth-order valence-electron chi connectivity index (χ4n) is 1.56. The van der Waals surface area contributed by atoms with Gasteiger partial charge in [0.1, 0.15) is 5.69 Å². The number of halogens is 2. The summed E-state index contributed by atoms with van der Waals surface area (Å²) in [5.41, 5.74) is 1.52. The van der Waals surface area contributed by atoms with Crippen molar-refractivity contribution in [1.82, 2.24) is 4.98 Å². The van der Waals surface area contributed by atoms with Crippen LogP contribution >= 0.6 is 27.5 Å². The minimum Gasteiger partial charge on any atom is -0.458 e. The van der Waals surface area contributed by atoms with Crippen LogP contribution in [0.4, 0.5) is 0 Å². The topological polar surface area (TPSA) is 52.3 Å². The van der Waals surface area contributed by atoms with Crippen LogP contribution in [-0.2, 0) is 21.5 Å². The molecule has 0 aliphatic rings. The summed E-state index contributed by atoms with van der Waals surface area (Å²) in [6, 6.07) is 7.23. The molecule has 0 saturated carbocycles. The average molecular weight is 345 g/mol. The molecule has 0 radical (unpaired) electrons. The second-order valence-electron chi connectivity index (χ2n) is 3.80. The average Bonchev–Trinajstić information content (AvgIpc) is 2.80. The summed E-state index contributed by atoms with van der Waals surface area (Å²) in [5.74, 6) is 0.693. The van der Waals surface area contributed by atoms with Gasteiger partial charge >= 0.3 is 5.97 Å². The molecule has 0 unspecified atom stereocenters. The van der Waals surface area contributed by atoms with E-state index in [1.807, 2.05) is 12.1 Å². The number of hydrogen-bond donors (Lipinski definition) is 0. The lowest BCUT2D eigenvalue weighted by Gasteiger charge is -2.02. The van der Waals surface area contributed by atoms with Gasteiger partial charge in [0, 0.05) is 17.5 Å². The van der Waals surface area contributed by atoms with Gasteiger partial charge in [0.05, 0.1) is 5.33 Å². The van der Waals surface area contributed by atoms with Gasteiger partial charge in [-0.15, -0.1) is 0 Å². The van der Waals surface area contributed by atoms with Crippen molar-refractivity contribution in [2.24, 2.45) is 0 Å². The minimum absolute atomic E-state index is 0.0628. The third-order valence-electron chi connectivity index (χ3n) is 2.38. The molecule has 0 atom stereocenters. The zero-order chi connectivity index (χ0) is 13.8. The zero-order valence-electron chi connectivity index (χ0n) is 10.2. The molecule has 0 fully saturated rings. The van der Waals surface area contributed by atoms with E-state index in [9.17, 15) is 4.79 Å². The molecular formula is C13H11BrClNO3. The van der Waals surface area contributed by atoms with Gasteiger partial charge in [-0.25, -0.2) is 4.98 Å². The van der Waals surface area contributed by atoms with Gasteiger partial charge < -0.3 is 9.15 Å². The number of oxazole rings is 1. The van der Waals surface area contributed by atoms with Gasteiger partial charge in [0.15, 0.2) is 12.4 Å². The number of alkyl halides is 1. The molecule has 2 rings (SSSR count). The first-order valence-electron chi connectivity index (χ1n) is 5.54. The fourth-order valence-corrected chi connectivity index (χ4v) is 1.92. The van der Waals surface area contributed by atoms with Gasteiger partial charge in [-0.1, -0.05) is 39.7 Å². The summed E-state index contributed by atoms with van der Waals surface area (Å²) in [4.78, 5) is 15.2. The number of rotatable bonds is 4. The lowest BCUT2D eigenvalue weighted by molar-refractivity contribution is -0.142. The summed E-state index contributed by atoms with van der Waals surface area (Å²) in [7, 11) is 0. The summed E-state index contributed by atoms with van der Waals surface area (Å²) < 4.78 is 10.5. The fraction of sp³-hybridized carbons (Fsp3) is 0.231. The Morgan fingerprint density at radius 1 is 1.42 bits per heavy atom. The first-order valence-corrected chi connectivity index (χ1v) is 7.04. The minimum atomic E-state index is -0.362. The van der Waals surface area contributed by atoms with E-state index in [-0.39, 0.29) is 12.6 Å². The Morgan fingerprint density at radius 2 is 2.11 bits per heavy atom. The summed E-state index contributed by atoms with van der Waals surface area (Å²) >= 11 is 9.14. The Kier molecular flexibility index (Phi) is 4.61. The molecule has 0 aliphatic carbocycles. The third-order valence-corrected chi connectivity index (χ3v) is 3.11. The van der Waals surface area contributed by atoms with Crippen LogP contribution in [0.2, 0.25) is 5.02 Å². The van der Waals surface area contributed by atoms with Crippen molar-refractivity contribution in [2.45, 2.75) is 18.9 Å². The number of ether oxygens (including phenoxy) is 1. The Hall–Kier alpha value is -1.33. The van der Waals surface area contributed by atoms with E-state index >= 15 is 0 Å². The highest BCUT2D eigenvalue weighted by atomic mass is 79.9. The quantitative estimate of drug-likeness (QED) is 0.622. The van der Waals surface area contributed by atoms with Crippen molar-refractivity contribution in [3.8, 4) is 11.3 Å². The molecule has 0 amide bonds. The van der Waals surface area contributed by atoms with E-state index in [0.717, 1.165) is 5.56 Å². The van der Waals surface area contributed by atoms with Crippen LogP contribution in [0.3, 0.4) is 0 Å². The second kappa shape index (κ2) is 6.21. The molecule has 0 N–H and O–H groups in total. The molecule has 6 heteroatoms. The van der Waals surface area contributed by atoms with Crippen molar-refractivity contribution < 1.29 is 13.9 Å². The van der Waals surface area contributed by atoms with E-state index in [1.54, 1.807) is 12.1 Å². The largest absolute Gasteiger partial charge is 0.458 e. The molecule has 0 bridgehead atoms. The second-order valence-corrected chi connectivity index (χ2v) is 4.80. The molecule has 1 aromatic carbocycles. The molecule has 0 spiro atoms. The Balaban J connectivity index is 2.34. The van der Waals surface area contributed by atoms with Gasteiger partial charge in [-0.3, -0.25) is 4.79 Å². The number of nitrogens with zero attached hydrogens (tertiary/aromatic N) is 1. The highest BCUT2D eigenvalue weighted by Crippen LogP contribution is 2.26. The maximum Gasteiger partial charge on any atom is 0.303 e. The number of hydrogen-bond acceptors (Lipinski definition) is 4. The lowest BCUT2D eigenvalue weighted by atomic mass is 10.1. The van der Waals surface area contributed by atoms with Crippen molar-refractivity contribution in [1.29, 1.82) is 0 Å². The first-order chi connectivity index (χ1) is 9.10. The standard InChI is InChI=1S/C13H11BrClNO3/c1-8(17)18-7-11-13(16-12(6-14)19-11)9-2-4-10(15)5-3-9/h2-5H,6-7H2,1H3. The first kappa shape index (κ1) is 14.1. The van der Waals surface area contributed by atoms with E-state index in [0.29, 0.717) is 27.7 Å². The Morgan fingerprint density at radius 3 is 2.68 bits per heavy atom. The maximum atomic E-state index is 10.9. The number of carbonyl (C=O) groups excluding carboxylic acids is 1. The molecular weight excluding hydrogens is 334 g/mol. The van der Waals surface area contributed by atoms with Crippen LogP contribution in [0.25, 0.3) is 11.3 Å². The lowest BCUT2D eigenvalue weighted by Crippen LogP contribution is -1.99. The van der Waals surface area contributed by atoms with Gasteiger partial charge in [-0.2, -0.15) is 0 Å². The van der Waals surface area contributed by atoms with Crippen molar-refractivity contribution in [2.75, 3.05) is 0 Å². The van der Waals surface area contributed by atoms with Crippen LogP contribution in [0.1, 0.15) is 18.6 Å². The van der Waals surface area contributed by atoms with Crippen molar-refractivity contribution in [3.63, 3.8) is 0 Å². The molecule has 0 aliphatic heterocycles. The summed E-state index contributed by atoms with van der Waals surface area (Å²) in [6.45, 7) is 1.41. The van der Waals surface area contributed by atoms with E-state index in [2.05, 4.69) is 20.9 Å². The normalized spacial score (nSPS) is 10.5. The van der Waals surface area contributed by atoms with E-state index in [1.165, 1.54) is 6.92 Å². The Bertz CT molecular complexity index is 580. The van der Waals surface area contributed by atoms with Crippen molar-refractivity contribution in [3.05, 3.63) is 40.9 Å². The number of carbonyl (C=O) groups is 1. The van der Waals surface area contributed by atoms with Gasteiger partial charge in [0.25, 0.3) is 0 Å². The molecule has 1 heterocycles. The van der Waals surface area contributed by atoms with Crippen LogP contribution in [-0.4, -0.2) is 11.0 Å². The maximum absolute atomic E-state index is 10.9.